The molecule has 2 aromatic rings. The van der Waals surface area contributed by atoms with Crippen molar-refractivity contribution >= 4 is 5.91 Å². The molecule has 7 heteroatoms. The first-order valence-corrected chi connectivity index (χ1v) is 8.89. The summed E-state index contributed by atoms with van der Waals surface area (Å²) in [5.41, 5.74) is 1.05. The van der Waals surface area contributed by atoms with Gasteiger partial charge in [0.2, 0.25) is 11.8 Å². The molecule has 1 amide bonds. The van der Waals surface area contributed by atoms with Crippen molar-refractivity contribution in [2.75, 3.05) is 27.3 Å². The van der Waals surface area contributed by atoms with Gasteiger partial charge < -0.3 is 18.9 Å². The lowest BCUT2D eigenvalue weighted by atomic mass is 9.97. The van der Waals surface area contributed by atoms with Crippen molar-refractivity contribution < 1.29 is 18.8 Å². The molecule has 1 saturated heterocycles. The van der Waals surface area contributed by atoms with Gasteiger partial charge in [0.25, 0.3) is 0 Å². The Morgan fingerprint density at radius 1 is 1.31 bits per heavy atom. The van der Waals surface area contributed by atoms with Crippen molar-refractivity contribution in [2.45, 2.75) is 38.5 Å². The van der Waals surface area contributed by atoms with Crippen molar-refractivity contribution in [3.05, 3.63) is 35.5 Å². The minimum absolute atomic E-state index is 0.134. The lowest BCUT2D eigenvalue weighted by Gasteiger charge is -2.31. The van der Waals surface area contributed by atoms with Crippen molar-refractivity contribution in [1.29, 1.82) is 0 Å². The number of likely N-dealkylation sites (tertiary alicyclic amines) is 1. The molecule has 0 radical (unpaired) electrons. The zero-order chi connectivity index (χ0) is 18.5. The average Bonchev–Trinajstić information content (AvgIpc) is 3.12. The molecule has 0 bridgehead atoms. The van der Waals surface area contributed by atoms with Crippen LogP contribution in [-0.2, 0) is 11.2 Å². The van der Waals surface area contributed by atoms with Crippen LogP contribution in [0.1, 0.15) is 42.5 Å². The van der Waals surface area contributed by atoms with Crippen LogP contribution in [0.3, 0.4) is 0 Å². The van der Waals surface area contributed by atoms with Crippen LogP contribution in [0.2, 0.25) is 0 Å². The Labute approximate surface area is 153 Å². The number of benzene rings is 1. The van der Waals surface area contributed by atoms with Crippen molar-refractivity contribution in [3.8, 4) is 11.5 Å². The van der Waals surface area contributed by atoms with Crippen LogP contribution in [-0.4, -0.2) is 48.3 Å². The number of hydrogen-bond acceptors (Lipinski definition) is 6. The van der Waals surface area contributed by atoms with E-state index in [1.807, 2.05) is 30.0 Å². The number of aryl methyl sites for hydroxylation is 2. The molecule has 1 aromatic heterocycles. The number of aromatic nitrogens is 2. The molecule has 1 atom stereocenters. The highest BCUT2D eigenvalue weighted by Crippen LogP contribution is 2.29. The van der Waals surface area contributed by atoms with E-state index in [9.17, 15) is 4.79 Å². The van der Waals surface area contributed by atoms with Gasteiger partial charge in [-0.1, -0.05) is 11.2 Å². The summed E-state index contributed by atoms with van der Waals surface area (Å²) in [7, 11) is 3.22. The third-order valence-corrected chi connectivity index (χ3v) is 4.74. The third-order valence-electron chi connectivity index (χ3n) is 4.74. The zero-order valence-corrected chi connectivity index (χ0v) is 15.5. The summed E-state index contributed by atoms with van der Waals surface area (Å²) in [6, 6.07) is 5.76. The number of nitrogens with zero attached hydrogens (tertiary/aromatic N) is 3. The van der Waals surface area contributed by atoms with E-state index in [4.69, 9.17) is 14.0 Å². The van der Waals surface area contributed by atoms with E-state index < -0.39 is 0 Å². The van der Waals surface area contributed by atoms with Crippen LogP contribution in [0.15, 0.2) is 22.7 Å². The van der Waals surface area contributed by atoms with Gasteiger partial charge in [0.1, 0.15) is 0 Å². The number of amides is 1. The van der Waals surface area contributed by atoms with Gasteiger partial charge in [0.15, 0.2) is 17.3 Å². The lowest BCUT2D eigenvalue weighted by molar-refractivity contribution is -0.132. The highest BCUT2D eigenvalue weighted by Gasteiger charge is 2.28. The van der Waals surface area contributed by atoms with E-state index in [0.29, 0.717) is 42.6 Å². The lowest BCUT2D eigenvalue weighted by Crippen LogP contribution is -2.39. The summed E-state index contributed by atoms with van der Waals surface area (Å²) in [6.45, 7) is 3.24. The molecular formula is C19H25N3O4. The number of carbonyl (C=O) groups is 1. The van der Waals surface area contributed by atoms with Gasteiger partial charge in [-0.3, -0.25) is 4.79 Å². The Morgan fingerprint density at radius 3 is 2.81 bits per heavy atom. The number of rotatable bonds is 6. The van der Waals surface area contributed by atoms with Gasteiger partial charge in [-0.25, -0.2) is 0 Å². The normalized spacial score (nSPS) is 17.2. The van der Waals surface area contributed by atoms with Gasteiger partial charge in [0, 0.05) is 19.5 Å². The number of ether oxygens (including phenoxy) is 2. The Bertz CT molecular complexity index is 759. The standard InChI is InChI=1S/C19H25N3O4/c1-13-20-19(26-21-13)15-5-4-10-22(12-15)18(23)9-7-14-6-8-16(24-2)17(11-14)25-3/h6,8,11,15H,4-5,7,9-10,12H2,1-3H3. The average molecular weight is 359 g/mol. The highest BCUT2D eigenvalue weighted by molar-refractivity contribution is 5.76. The largest absolute Gasteiger partial charge is 0.493 e. The molecule has 0 spiro atoms. The molecule has 1 unspecified atom stereocenters. The van der Waals surface area contributed by atoms with Crippen LogP contribution in [0.5, 0.6) is 11.5 Å². The first-order valence-electron chi connectivity index (χ1n) is 8.89. The predicted molar refractivity (Wildman–Crippen MR) is 95.5 cm³/mol. The molecule has 26 heavy (non-hydrogen) atoms. The third kappa shape index (κ3) is 4.15. The molecular weight excluding hydrogens is 334 g/mol. The summed E-state index contributed by atoms with van der Waals surface area (Å²) in [4.78, 5) is 18.9. The number of piperidine rings is 1. The fraction of sp³-hybridized carbons (Fsp3) is 0.526. The summed E-state index contributed by atoms with van der Waals surface area (Å²) in [5, 5.41) is 3.86. The van der Waals surface area contributed by atoms with Crippen molar-refractivity contribution in [2.24, 2.45) is 0 Å². The first kappa shape index (κ1) is 18.2. The van der Waals surface area contributed by atoms with Gasteiger partial charge in [-0.2, -0.15) is 4.98 Å². The topological polar surface area (TPSA) is 77.7 Å². The molecule has 0 aliphatic carbocycles. The van der Waals surface area contributed by atoms with Crippen LogP contribution < -0.4 is 9.47 Å². The summed E-state index contributed by atoms with van der Waals surface area (Å²) in [6.07, 6.45) is 3.06. The maximum atomic E-state index is 12.6. The summed E-state index contributed by atoms with van der Waals surface area (Å²) in [5.74, 6) is 2.94. The molecule has 0 N–H and O–H groups in total. The number of methoxy groups -OCH3 is 2. The van der Waals surface area contributed by atoms with E-state index in [2.05, 4.69) is 10.1 Å². The van der Waals surface area contributed by atoms with Crippen molar-refractivity contribution in [3.63, 3.8) is 0 Å². The fourth-order valence-corrected chi connectivity index (χ4v) is 3.33. The maximum absolute atomic E-state index is 12.6. The predicted octanol–water partition coefficient (Wildman–Crippen LogP) is 2.73. The molecule has 1 aliphatic heterocycles. The number of carbonyl (C=O) groups excluding carboxylic acids is 1. The second-order valence-corrected chi connectivity index (χ2v) is 6.55. The number of hydrogen-bond donors (Lipinski definition) is 0. The monoisotopic (exact) mass is 359 g/mol. The fourth-order valence-electron chi connectivity index (χ4n) is 3.33. The molecule has 0 saturated carbocycles. The van der Waals surface area contributed by atoms with Crippen molar-refractivity contribution in [1.82, 2.24) is 15.0 Å². The van der Waals surface area contributed by atoms with Crippen LogP contribution in [0.25, 0.3) is 0 Å². The van der Waals surface area contributed by atoms with Crippen LogP contribution in [0, 0.1) is 6.92 Å². The van der Waals surface area contributed by atoms with E-state index >= 15 is 0 Å². The molecule has 140 valence electrons. The smallest absolute Gasteiger partial charge is 0.231 e. The minimum atomic E-state index is 0.134. The summed E-state index contributed by atoms with van der Waals surface area (Å²) >= 11 is 0. The van der Waals surface area contributed by atoms with Gasteiger partial charge >= 0.3 is 0 Å². The van der Waals surface area contributed by atoms with Gasteiger partial charge in [0.05, 0.1) is 20.1 Å². The highest BCUT2D eigenvalue weighted by atomic mass is 16.5. The van der Waals surface area contributed by atoms with E-state index in [1.165, 1.54) is 0 Å². The Kier molecular flexibility index (Phi) is 5.75. The maximum Gasteiger partial charge on any atom is 0.231 e. The molecule has 3 rings (SSSR count). The van der Waals surface area contributed by atoms with E-state index in [-0.39, 0.29) is 11.8 Å². The van der Waals surface area contributed by atoms with E-state index in [0.717, 1.165) is 24.9 Å². The van der Waals surface area contributed by atoms with Crippen LogP contribution >= 0.6 is 0 Å². The Balaban J connectivity index is 1.57. The molecule has 1 aromatic carbocycles. The molecule has 1 aliphatic rings. The summed E-state index contributed by atoms with van der Waals surface area (Å²) < 4.78 is 15.9. The molecule has 2 heterocycles. The first-order chi connectivity index (χ1) is 12.6. The van der Waals surface area contributed by atoms with Gasteiger partial charge in [-0.15, -0.1) is 0 Å². The second-order valence-electron chi connectivity index (χ2n) is 6.55. The van der Waals surface area contributed by atoms with Gasteiger partial charge in [-0.05, 0) is 43.9 Å². The Hall–Kier alpha value is -2.57. The second kappa shape index (κ2) is 8.21. The van der Waals surface area contributed by atoms with Crippen LogP contribution in [0.4, 0.5) is 0 Å². The quantitative estimate of drug-likeness (QED) is 0.789. The molecule has 7 nitrogen and oxygen atoms in total. The minimum Gasteiger partial charge on any atom is -0.493 e. The Morgan fingerprint density at radius 2 is 2.12 bits per heavy atom. The zero-order valence-electron chi connectivity index (χ0n) is 15.5. The molecule has 1 fully saturated rings. The van der Waals surface area contributed by atoms with E-state index in [1.54, 1.807) is 14.2 Å². The SMILES string of the molecule is COc1ccc(CCC(=O)N2CCCC(c3nc(C)no3)C2)cc1OC.